The molecular weight excluding hydrogens is 262 g/mol. The molecule has 0 aromatic carbocycles. The van der Waals surface area contributed by atoms with Crippen LogP contribution in [0.2, 0.25) is 0 Å². The maximum absolute atomic E-state index is 12.5. The van der Waals surface area contributed by atoms with E-state index in [2.05, 4.69) is 38.2 Å². The first-order valence-corrected chi connectivity index (χ1v) is 8.69. The SMILES string of the molecule is CCC(CC)C(CNC(=O)C1CCCCC1CN)N(C)C. The van der Waals surface area contributed by atoms with Crippen LogP contribution in [0.5, 0.6) is 0 Å². The van der Waals surface area contributed by atoms with Crippen molar-refractivity contribution in [2.45, 2.75) is 58.4 Å². The van der Waals surface area contributed by atoms with Crippen molar-refractivity contribution in [1.29, 1.82) is 0 Å². The van der Waals surface area contributed by atoms with E-state index in [0.717, 1.165) is 38.6 Å². The van der Waals surface area contributed by atoms with Crippen molar-refractivity contribution in [3.8, 4) is 0 Å². The summed E-state index contributed by atoms with van der Waals surface area (Å²) in [5.74, 6) is 1.37. The van der Waals surface area contributed by atoms with Gasteiger partial charge in [0.25, 0.3) is 0 Å². The summed E-state index contributed by atoms with van der Waals surface area (Å²) in [6.45, 7) is 5.86. The maximum Gasteiger partial charge on any atom is 0.223 e. The summed E-state index contributed by atoms with van der Waals surface area (Å²) in [6, 6.07) is 0.420. The van der Waals surface area contributed by atoms with Gasteiger partial charge in [0.1, 0.15) is 0 Å². The quantitative estimate of drug-likeness (QED) is 0.722. The van der Waals surface area contributed by atoms with Gasteiger partial charge in [0.05, 0.1) is 0 Å². The summed E-state index contributed by atoms with van der Waals surface area (Å²) in [5, 5.41) is 3.21. The highest BCUT2D eigenvalue weighted by Gasteiger charge is 2.30. The number of carbonyl (C=O) groups excluding carboxylic acids is 1. The first-order valence-electron chi connectivity index (χ1n) is 8.69. The number of likely N-dealkylation sites (N-methyl/N-ethyl adjacent to an activating group) is 1. The molecule has 21 heavy (non-hydrogen) atoms. The number of nitrogens with two attached hydrogens (primary N) is 1. The van der Waals surface area contributed by atoms with E-state index < -0.39 is 0 Å². The molecular formula is C17H35N3O. The van der Waals surface area contributed by atoms with Crippen LogP contribution in [0.3, 0.4) is 0 Å². The molecule has 0 bridgehead atoms. The molecule has 1 amide bonds. The molecule has 4 nitrogen and oxygen atoms in total. The van der Waals surface area contributed by atoms with Crippen molar-refractivity contribution in [3.63, 3.8) is 0 Å². The van der Waals surface area contributed by atoms with E-state index in [4.69, 9.17) is 5.73 Å². The molecule has 0 radical (unpaired) electrons. The Balaban J connectivity index is 2.56. The van der Waals surface area contributed by atoms with Crippen LogP contribution in [0, 0.1) is 17.8 Å². The van der Waals surface area contributed by atoms with Crippen LogP contribution in [-0.2, 0) is 4.79 Å². The fraction of sp³-hybridized carbons (Fsp3) is 0.941. The average molecular weight is 297 g/mol. The van der Waals surface area contributed by atoms with Crippen molar-refractivity contribution >= 4 is 5.91 Å². The van der Waals surface area contributed by atoms with Crippen LogP contribution in [0.4, 0.5) is 0 Å². The zero-order valence-corrected chi connectivity index (χ0v) is 14.4. The van der Waals surface area contributed by atoms with Gasteiger partial charge in [0.2, 0.25) is 5.91 Å². The summed E-state index contributed by atoms with van der Waals surface area (Å²) in [5.41, 5.74) is 5.84. The van der Waals surface area contributed by atoms with Gasteiger partial charge in [-0.05, 0) is 45.3 Å². The fourth-order valence-electron chi connectivity index (χ4n) is 3.77. The fourth-order valence-corrected chi connectivity index (χ4v) is 3.77. The average Bonchev–Trinajstić information content (AvgIpc) is 2.50. The first-order chi connectivity index (χ1) is 10.0. The van der Waals surface area contributed by atoms with Gasteiger partial charge >= 0.3 is 0 Å². The van der Waals surface area contributed by atoms with E-state index >= 15 is 0 Å². The van der Waals surface area contributed by atoms with Gasteiger partial charge in [0.15, 0.2) is 0 Å². The molecule has 4 heteroatoms. The Morgan fingerprint density at radius 2 is 1.86 bits per heavy atom. The number of nitrogens with zero attached hydrogens (tertiary/aromatic N) is 1. The maximum atomic E-state index is 12.5. The third-order valence-corrected chi connectivity index (χ3v) is 5.29. The van der Waals surface area contributed by atoms with E-state index in [1.165, 1.54) is 6.42 Å². The van der Waals surface area contributed by atoms with Crippen LogP contribution in [0.15, 0.2) is 0 Å². The summed E-state index contributed by atoms with van der Waals surface area (Å²) in [7, 11) is 4.22. The highest BCUT2D eigenvalue weighted by atomic mass is 16.1. The molecule has 124 valence electrons. The third-order valence-electron chi connectivity index (χ3n) is 5.29. The number of hydrogen-bond acceptors (Lipinski definition) is 3. The Bertz CT molecular complexity index is 302. The normalized spacial score (nSPS) is 24.3. The zero-order valence-electron chi connectivity index (χ0n) is 14.4. The van der Waals surface area contributed by atoms with Crippen molar-refractivity contribution < 1.29 is 4.79 Å². The molecule has 0 aromatic heterocycles. The second kappa shape index (κ2) is 9.42. The summed E-state index contributed by atoms with van der Waals surface area (Å²) < 4.78 is 0. The van der Waals surface area contributed by atoms with Crippen LogP contribution < -0.4 is 11.1 Å². The lowest BCUT2D eigenvalue weighted by Crippen LogP contribution is -2.47. The van der Waals surface area contributed by atoms with Gasteiger partial charge in [-0.25, -0.2) is 0 Å². The lowest BCUT2D eigenvalue weighted by molar-refractivity contribution is -0.128. The van der Waals surface area contributed by atoms with Gasteiger partial charge in [0, 0.05) is 18.5 Å². The number of amides is 1. The number of carbonyl (C=O) groups is 1. The van der Waals surface area contributed by atoms with Gasteiger partial charge in [-0.2, -0.15) is 0 Å². The standard InChI is InChI=1S/C17H35N3O/c1-5-13(6-2)16(20(3)4)12-19-17(21)15-10-8-7-9-14(15)11-18/h13-16H,5-12,18H2,1-4H3,(H,19,21). The molecule has 3 atom stereocenters. The smallest absolute Gasteiger partial charge is 0.223 e. The summed E-state index contributed by atoms with van der Waals surface area (Å²) in [4.78, 5) is 14.8. The van der Waals surface area contributed by atoms with E-state index in [1.807, 2.05) is 0 Å². The van der Waals surface area contributed by atoms with Gasteiger partial charge in [-0.3, -0.25) is 4.79 Å². The first kappa shape index (κ1) is 18.4. The molecule has 1 saturated carbocycles. The molecule has 3 N–H and O–H groups in total. The minimum Gasteiger partial charge on any atom is -0.354 e. The lowest BCUT2D eigenvalue weighted by Gasteiger charge is -2.34. The highest BCUT2D eigenvalue weighted by Crippen LogP contribution is 2.29. The molecule has 1 aliphatic carbocycles. The predicted molar refractivity (Wildman–Crippen MR) is 89.1 cm³/mol. The van der Waals surface area contributed by atoms with Crippen LogP contribution in [0.25, 0.3) is 0 Å². The minimum absolute atomic E-state index is 0.133. The summed E-state index contributed by atoms with van der Waals surface area (Å²) in [6.07, 6.45) is 6.82. The predicted octanol–water partition coefficient (Wildman–Crippen LogP) is 2.23. The monoisotopic (exact) mass is 297 g/mol. The molecule has 0 heterocycles. The molecule has 1 aliphatic rings. The molecule has 0 spiro atoms. The Morgan fingerprint density at radius 1 is 1.24 bits per heavy atom. The number of rotatable bonds is 8. The Hall–Kier alpha value is -0.610. The van der Waals surface area contributed by atoms with Crippen molar-refractivity contribution in [2.75, 3.05) is 27.2 Å². The van der Waals surface area contributed by atoms with Gasteiger partial charge < -0.3 is 16.0 Å². The van der Waals surface area contributed by atoms with Crippen LogP contribution in [0.1, 0.15) is 52.4 Å². The highest BCUT2D eigenvalue weighted by molar-refractivity contribution is 5.79. The summed E-state index contributed by atoms with van der Waals surface area (Å²) >= 11 is 0. The Kier molecular flexibility index (Phi) is 8.27. The second-order valence-electron chi connectivity index (χ2n) is 6.74. The largest absolute Gasteiger partial charge is 0.354 e. The molecule has 3 unspecified atom stereocenters. The molecule has 1 fully saturated rings. The topological polar surface area (TPSA) is 58.4 Å². The molecule has 0 aliphatic heterocycles. The Labute approximate surface area is 130 Å². The van der Waals surface area contributed by atoms with Crippen molar-refractivity contribution in [2.24, 2.45) is 23.5 Å². The molecule has 0 saturated heterocycles. The molecule has 0 aromatic rings. The third kappa shape index (κ3) is 5.26. The van der Waals surface area contributed by atoms with E-state index in [1.54, 1.807) is 0 Å². The van der Waals surface area contributed by atoms with E-state index in [-0.39, 0.29) is 11.8 Å². The lowest BCUT2D eigenvalue weighted by atomic mass is 9.78. The van der Waals surface area contributed by atoms with E-state index in [0.29, 0.717) is 24.4 Å². The van der Waals surface area contributed by atoms with Crippen molar-refractivity contribution in [1.82, 2.24) is 10.2 Å². The van der Waals surface area contributed by atoms with Gasteiger partial charge in [-0.15, -0.1) is 0 Å². The Morgan fingerprint density at radius 3 is 2.38 bits per heavy atom. The minimum atomic E-state index is 0.133. The van der Waals surface area contributed by atoms with Gasteiger partial charge in [-0.1, -0.05) is 39.5 Å². The van der Waals surface area contributed by atoms with E-state index in [9.17, 15) is 4.79 Å². The van der Waals surface area contributed by atoms with Crippen LogP contribution >= 0.6 is 0 Å². The molecule has 1 rings (SSSR count). The number of hydrogen-bond donors (Lipinski definition) is 2. The second-order valence-corrected chi connectivity index (χ2v) is 6.74. The number of nitrogens with one attached hydrogen (secondary N) is 1. The zero-order chi connectivity index (χ0) is 15.8. The van der Waals surface area contributed by atoms with Crippen LogP contribution in [-0.4, -0.2) is 44.0 Å². The van der Waals surface area contributed by atoms with Crippen molar-refractivity contribution in [3.05, 3.63) is 0 Å².